The number of carbonyl (C=O) groups is 2. The number of sulfonamides is 1. The fourth-order valence-electron chi connectivity index (χ4n) is 4.91. The summed E-state index contributed by atoms with van der Waals surface area (Å²) in [5, 5.41) is 2.92. The summed E-state index contributed by atoms with van der Waals surface area (Å²) in [6.45, 7) is 4.98. The summed E-state index contributed by atoms with van der Waals surface area (Å²) in [5.74, 6) is 0.416. The minimum Gasteiger partial charge on any atom is -0.379 e. The molecule has 0 aromatic heterocycles. The van der Waals surface area contributed by atoms with Crippen molar-refractivity contribution in [1.82, 2.24) is 19.4 Å². The van der Waals surface area contributed by atoms with Gasteiger partial charge in [0.05, 0.1) is 24.7 Å². The van der Waals surface area contributed by atoms with Crippen LogP contribution in [-0.4, -0.2) is 93.4 Å². The Morgan fingerprint density at radius 2 is 1.56 bits per heavy atom. The topological polar surface area (TPSA) is 99.3 Å². The second kappa shape index (κ2) is 11.6. The van der Waals surface area contributed by atoms with Gasteiger partial charge in [-0.1, -0.05) is 31.4 Å². The first-order valence-electron chi connectivity index (χ1n) is 12.4. The lowest BCUT2D eigenvalue weighted by atomic mass is 9.88. The first-order valence-corrected chi connectivity index (χ1v) is 13.8. The van der Waals surface area contributed by atoms with E-state index in [0.29, 0.717) is 71.5 Å². The predicted molar refractivity (Wildman–Crippen MR) is 127 cm³/mol. The molecule has 0 unspecified atom stereocenters. The molecule has 0 atom stereocenters. The molecular weight excluding hydrogens is 456 g/mol. The zero-order chi connectivity index (χ0) is 24.0. The summed E-state index contributed by atoms with van der Waals surface area (Å²) in [7, 11) is -3.52. The van der Waals surface area contributed by atoms with Gasteiger partial charge in [-0.25, -0.2) is 8.42 Å². The third kappa shape index (κ3) is 6.35. The van der Waals surface area contributed by atoms with Crippen LogP contribution in [0.15, 0.2) is 29.2 Å². The number of amides is 2. The van der Waals surface area contributed by atoms with E-state index < -0.39 is 10.0 Å². The third-order valence-electron chi connectivity index (χ3n) is 7.03. The Hall–Kier alpha value is -2.01. The van der Waals surface area contributed by atoms with E-state index in [1.54, 1.807) is 24.3 Å². The van der Waals surface area contributed by atoms with Crippen molar-refractivity contribution < 1.29 is 22.7 Å². The second-order valence-electron chi connectivity index (χ2n) is 9.37. The fraction of sp³-hybridized carbons (Fsp3) is 0.667. The van der Waals surface area contributed by atoms with Gasteiger partial charge in [-0.3, -0.25) is 14.5 Å². The van der Waals surface area contributed by atoms with Crippen LogP contribution < -0.4 is 5.32 Å². The summed E-state index contributed by atoms with van der Waals surface area (Å²) >= 11 is 0. The first kappa shape index (κ1) is 25.1. The Morgan fingerprint density at radius 3 is 2.21 bits per heavy atom. The molecule has 1 N–H and O–H groups in total. The molecule has 2 heterocycles. The van der Waals surface area contributed by atoms with Gasteiger partial charge in [0.15, 0.2) is 0 Å². The summed E-state index contributed by atoms with van der Waals surface area (Å²) in [6.07, 6.45) is 5.58. The van der Waals surface area contributed by atoms with Gasteiger partial charge in [-0.05, 0) is 30.5 Å². The van der Waals surface area contributed by atoms with E-state index in [4.69, 9.17) is 4.74 Å². The molecule has 2 aliphatic heterocycles. The SMILES string of the molecule is O=C(CN1CCN(C(=O)C2CCCCC2)CC1)NCc1ccc(S(=O)(=O)N2CCOCC2)cc1. The summed E-state index contributed by atoms with van der Waals surface area (Å²) < 4.78 is 32.1. The monoisotopic (exact) mass is 492 g/mol. The molecule has 0 bridgehead atoms. The van der Waals surface area contributed by atoms with Crippen LogP contribution in [0.5, 0.6) is 0 Å². The van der Waals surface area contributed by atoms with Gasteiger partial charge in [0, 0.05) is 51.7 Å². The highest BCUT2D eigenvalue weighted by Crippen LogP contribution is 2.25. The number of morpholine rings is 1. The highest BCUT2D eigenvalue weighted by Gasteiger charge is 2.29. The highest BCUT2D eigenvalue weighted by molar-refractivity contribution is 7.89. The maximum Gasteiger partial charge on any atom is 0.243 e. The van der Waals surface area contributed by atoms with E-state index >= 15 is 0 Å². The quantitative estimate of drug-likeness (QED) is 0.611. The van der Waals surface area contributed by atoms with Gasteiger partial charge in [0.25, 0.3) is 0 Å². The number of piperazine rings is 1. The summed E-state index contributed by atoms with van der Waals surface area (Å²) in [5.41, 5.74) is 0.845. The van der Waals surface area contributed by atoms with Crippen LogP contribution in [0.3, 0.4) is 0 Å². The molecule has 10 heteroatoms. The number of ether oxygens (including phenoxy) is 1. The molecule has 3 aliphatic rings. The van der Waals surface area contributed by atoms with Crippen molar-refractivity contribution in [3.05, 3.63) is 29.8 Å². The Kier molecular flexibility index (Phi) is 8.57. The predicted octanol–water partition coefficient (Wildman–Crippen LogP) is 1.05. The van der Waals surface area contributed by atoms with Gasteiger partial charge in [-0.15, -0.1) is 0 Å². The van der Waals surface area contributed by atoms with E-state index in [9.17, 15) is 18.0 Å². The average Bonchev–Trinajstić information content (AvgIpc) is 2.89. The second-order valence-corrected chi connectivity index (χ2v) is 11.3. The largest absolute Gasteiger partial charge is 0.379 e. The molecule has 1 aromatic carbocycles. The summed E-state index contributed by atoms with van der Waals surface area (Å²) in [6, 6.07) is 6.66. The molecule has 0 spiro atoms. The molecule has 3 fully saturated rings. The van der Waals surface area contributed by atoms with E-state index in [1.807, 2.05) is 4.90 Å². The number of hydrogen-bond acceptors (Lipinski definition) is 6. The average molecular weight is 493 g/mol. The van der Waals surface area contributed by atoms with Crippen molar-refractivity contribution in [3.63, 3.8) is 0 Å². The van der Waals surface area contributed by atoms with Crippen LogP contribution >= 0.6 is 0 Å². The van der Waals surface area contributed by atoms with Crippen molar-refractivity contribution in [3.8, 4) is 0 Å². The van der Waals surface area contributed by atoms with Gasteiger partial charge in [-0.2, -0.15) is 4.31 Å². The Balaban J connectivity index is 1.19. The molecule has 9 nitrogen and oxygen atoms in total. The molecule has 1 aliphatic carbocycles. The van der Waals surface area contributed by atoms with Crippen molar-refractivity contribution in [2.24, 2.45) is 5.92 Å². The molecule has 2 saturated heterocycles. The third-order valence-corrected chi connectivity index (χ3v) is 8.94. The van der Waals surface area contributed by atoms with Gasteiger partial charge in [0.1, 0.15) is 0 Å². The number of benzene rings is 1. The zero-order valence-electron chi connectivity index (χ0n) is 19.8. The van der Waals surface area contributed by atoms with Crippen molar-refractivity contribution in [1.29, 1.82) is 0 Å². The lowest BCUT2D eigenvalue weighted by molar-refractivity contribution is -0.138. The van der Waals surface area contributed by atoms with E-state index in [2.05, 4.69) is 10.2 Å². The lowest BCUT2D eigenvalue weighted by Crippen LogP contribution is -2.52. The smallest absolute Gasteiger partial charge is 0.243 e. The minimum absolute atomic E-state index is 0.0722. The lowest BCUT2D eigenvalue weighted by Gasteiger charge is -2.36. The number of nitrogens with zero attached hydrogens (tertiary/aromatic N) is 3. The van der Waals surface area contributed by atoms with E-state index in [1.165, 1.54) is 10.7 Å². The Morgan fingerprint density at radius 1 is 0.912 bits per heavy atom. The van der Waals surface area contributed by atoms with Crippen LogP contribution in [0.2, 0.25) is 0 Å². The zero-order valence-corrected chi connectivity index (χ0v) is 20.6. The molecule has 188 valence electrons. The van der Waals surface area contributed by atoms with Gasteiger partial charge < -0.3 is 15.0 Å². The number of nitrogens with one attached hydrogen (secondary N) is 1. The van der Waals surface area contributed by atoms with Gasteiger partial charge >= 0.3 is 0 Å². The standard InChI is InChI=1S/C24H36N4O5S/c29-23(19-26-10-12-27(13-11-26)24(30)21-4-2-1-3-5-21)25-18-20-6-8-22(9-7-20)34(31,32)28-14-16-33-17-15-28/h6-9,21H,1-5,10-19H2,(H,25,29). The van der Waals surface area contributed by atoms with Crippen LogP contribution in [0, 0.1) is 5.92 Å². The van der Waals surface area contributed by atoms with Crippen LogP contribution in [-0.2, 0) is 30.9 Å². The van der Waals surface area contributed by atoms with Crippen LogP contribution in [0.25, 0.3) is 0 Å². The normalized spacial score (nSPS) is 21.4. The molecule has 0 radical (unpaired) electrons. The number of rotatable bonds is 7. The van der Waals surface area contributed by atoms with Crippen LogP contribution in [0.4, 0.5) is 0 Å². The van der Waals surface area contributed by atoms with Crippen molar-refractivity contribution in [2.45, 2.75) is 43.5 Å². The first-order chi connectivity index (χ1) is 16.4. The fourth-order valence-corrected chi connectivity index (χ4v) is 6.32. The minimum atomic E-state index is -3.52. The number of carbonyl (C=O) groups excluding carboxylic acids is 2. The van der Waals surface area contributed by atoms with Gasteiger partial charge in [0.2, 0.25) is 21.8 Å². The molecular formula is C24H36N4O5S. The van der Waals surface area contributed by atoms with E-state index in [-0.39, 0.29) is 16.7 Å². The Labute approximate surface area is 202 Å². The van der Waals surface area contributed by atoms with Crippen molar-refractivity contribution in [2.75, 3.05) is 59.0 Å². The maximum absolute atomic E-state index is 12.7. The maximum atomic E-state index is 12.7. The molecule has 1 aromatic rings. The molecule has 2 amide bonds. The summed E-state index contributed by atoms with van der Waals surface area (Å²) in [4.78, 5) is 29.4. The highest BCUT2D eigenvalue weighted by atomic mass is 32.2. The Bertz CT molecular complexity index is 933. The van der Waals surface area contributed by atoms with E-state index in [0.717, 1.165) is 31.2 Å². The molecule has 4 rings (SSSR count). The van der Waals surface area contributed by atoms with Crippen LogP contribution in [0.1, 0.15) is 37.7 Å². The molecule has 34 heavy (non-hydrogen) atoms. The number of hydrogen-bond donors (Lipinski definition) is 1. The molecule has 1 saturated carbocycles. The van der Waals surface area contributed by atoms with Crippen molar-refractivity contribution >= 4 is 21.8 Å².